The zero-order valence-corrected chi connectivity index (χ0v) is 18.1. The Morgan fingerprint density at radius 1 is 1.00 bits per heavy atom. The van der Waals surface area contributed by atoms with Crippen LogP contribution in [-0.2, 0) is 20.7 Å². The van der Waals surface area contributed by atoms with Crippen LogP contribution in [0.2, 0.25) is 0 Å². The Morgan fingerprint density at radius 2 is 1.66 bits per heavy atom. The number of likely N-dealkylation sites (N-methyl/N-ethyl adjacent to an activating group) is 1. The van der Waals surface area contributed by atoms with Crippen molar-refractivity contribution in [1.29, 1.82) is 0 Å². The Bertz CT molecular complexity index is 563. The number of nitrogens with one attached hydrogen (secondary N) is 1. The molecular formula is C23H38N2O4. The molecule has 0 saturated carbocycles. The summed E-state index contributed by atoms with van der Waals surface area (Å²) in [5.41, 5.74) is 1.36. The Labute approximate surface area is 175 Å². The summed E-state index contributed by atoms with van der Waals surface area (Å²) < 4.78 is 5.69. The highest BCUT2D eigenvalue weighted by molar-refractivity contribution is 5.77. The van der Waals surface area contributed by atoms with Gasteiger partial charge in [-0.25, -0.2) is 0 Å². The van der Waals surface area contributed by atoms with E-state index in [9.17, 15) is 9.59 Å². The summed E-state index contributed by atoms with van der Waals surface area (Å²) >= 11 is 0. The van der Waals surface area contributed by atoms with E-state index >= 15 is 0 Å². The molecule has 1 unspecified atom stereocenters. The zero-order valence-electron chi connectivity index (χ0n) is 18.1. The number of hydrogen-bond donors (Lipinski definition) is 2. The summed E-state index contributed by atoms with van der Waals surface area (Å²) in [6.45, 7) is 2.14. The number of carboxylic acid groups (broad SMARTS) is 1. The third kappa shape index (κ3) is 14.7. The Hall–Kier alpha value is -1.92. The van der Waals surface area contributed by atoms with Gasteiger partial charge in [-0.3, -0.25) is 9.59 Å². The van der Waals surface area contributed by atoms with E-state index in [0.29, 0.717) is 13.0 Å². The average Bonchev–Trinajstić information content (AvgIpc) is 2.65. The third-order valence-electron chi connectivity index (χ3n) is 4.66. The first-order valence-corrected chi connectivity index (χ1v) is 10.7. The van der Waals surface area contributed by atoms with Crippen LogP contribution in [0, 0.1) is 0 Å². The second-order valence-electron chi connectivity index (χ2n) is 7.84. The molecule has 0 radical (unpaired) electrons. The fourth-order valence-corrected chi connectivity index (χ4v) is 3.26. The predicted octanol–water partition coefficient (Wildman–Crippen LogP) is 3.50. The highest BCUT2D eigenvalue weighted by atomic mass is 16.5. The van der Waals surface area contributed by atoms with Crippen LogP contribution in [0.5, 0.6) is 0 Å². The van der Waals surface area contributed by atoms with Crippen molar-refractivity contribution in [3.8, 4) is 0 Å². The molecule has 1 aromatic carbocycles. The minimum Gasteiger partial charge on any atom is -0.481 e. The maximum Gasteiger partial charge on any atom is 0.305 e. The van der Waals surface area contributed by atoms with Gasteiger partial charge in [-0.2, -0.15) is 0 Å². The van der Waals surface area contributed by atoms with Crippen LogP contribution in [0.1, 0.15) is 56.9 Å². The van der Waals surface area contributed by atoms with E-state index in [1.165, 1.54) is 5.56 Å². The van der Waals surface area contributed by atoms with Crippen molar-refractivity contribution < 1.29 is 19.4 Å². The molecule has 0 saturated heterocycles. The molecule has 6 nitrogen and oxygen atoms in total. The molecule has 2 N–H and O–H groups in total. The topological polar surface area (TPSA) is 78.9 Å². The lowest BCUT2D eigenvalue weighted by atomic mass is 10.1. The van der Waals surface area contributed by atoms with E-state index in [-0.39, 0.29) is 18.4 Å². The van der Waals surface area contributed by atoms with Gasteiger partial charge in [-0.05, 0) is 45.3 Å². The van der Waals surface area contributed by atoms with Crippen molar-refractivity contribution >= 4 is 11.9 Å². The van der Waals surface area contributed by atoms with Gasteiger partial charge in [0.25, 0.3) is 0 Å². The molecule has 1 aromatic rings. The van der Waals surface area contributed by atoms with Gasteiger partial charge in [0.1, 0.15) is 0 Å². The number of nitrogens with zero attached hydrogens (tertiary/aromatic N) is 1. The first-order valence-electron chi connectivity index (χ1n) is 10.7. The number of amides is 1. The maximum atomic E-state index is 12.0. The van der Waals surface area contributed by atoms with Crippen molar-refractivity contribution in [3.63, 3.8) is 0 Å². The van der Waals surface area contributed by atoms with E-state index in [1.54, 1.807) is 0 Å². The second kappa shape index (κ2) is 15.9. The molecule has 1 rings (SSSR count). The number of carboxylic acids is 1. The number of ether oxygens (including phenoxy) is 1. The molecule has 0 heterocycles. The van der Waals surface area contributed by atoms with Gasteiger partial charge >= 0.3 is 5.97 Å². The standard InChI is InChI=1S/C23H38N2O4/c1-25(2)19-21(18-23(27)28)24-22(26)15-9-4-3-5-10-16-29-17-11-14-20-12-7-6-8-13-20/h6-8,12-13,21H,3-5,9-11,14-19H2,1-2H3,(H,24,26)(H,27,28). The van der Waals surface area contributed by atoms with Gasteiger partial charge in [0.15, 0.2) is 0 Å². The number of aliphatic carboxylic acids is 1. The molecule has 0 bridgehead atoms. The Morgan fingerprint density at radius 3 is 2.34 bits per heavy atom. The number of carbonyl (C=O) groups excluding carboxylic acids is 1. The Kier molecular flexibility index (Phi) is 13.8. The lowest BCUT2D eigenvalue weighted by molar-refractivity contribution is -0.137. The third-order valence-corrected chi connectivity index (χ3v) is 4.66. The highest BCUT2D eigenvalue weighted by Crippen LogP contribution is 2.07. The first-order chi connectivity index (χ1) is 14.0. The minimum atomic E-state index is -0.889. The molecule has 0 fully saturated rings. The number of hydrogen-bond acceptors (Lipinski definition) is 4. The first kappa shape index (κ1) is 25.1. The summed E-state index contributed by atoms with van der Waals surface area (Å²) in [6.07, 6.45) is 7.64. The molecule has 0 spiro atoms. The average molecular weight is 407 g/mol. The monoisotopic (exact) mass is 406 g/mol. The van der Waals surface area contributed by atoms with Gasteiger partial charge in [0, 0.05) is 26.2 Å². The van der Waals surface area contributed by atoms with Crippen LogP contribution < -0.4 is 5.32 Å². The van der Waals surface area contributed by atoms with Gasteiger partial charge in [-0.15, -0.1) is 0 Å². The zero-order chi connectivity index (χ0) is 21.3. The number of unbranched alkanes of at least 4 members (excludes halogenated alkanes) is 4. The van der Waals surface area contributed by atoms with Crippen LogP contribution in [0.15, 0.2) is 30.3 Å². The summed E-state index contributed by atoms with van der Waals surface area (Å²) in [5, 5.41) is 11.8. The van der Waals surface area contributed by atoms with E-state index in [0.717, 1.165) is 58.2 Å². The van der Waals surface area contributed by atoms with Gasteiger partial charge in [0.05, 0.1) is 12.5 Å². The lowest BCUT2D eigenvalue weighted by Crippen LogP contribution is -2.42. The molecule has 0 aliphatic carbocycles. The second-order valence-corrected chi connectivity index (χ2v) is 7.84. The van der Waals surface area contributed by atoms with E-state index < -0.39 is 5.97 Å². The van der Waals surface area contributed by atoms with Crippen molar-refractivity contribution in [2.24, 2.45) is 0 Å². The summed E-state index contributed by atoms with van der Waals surface area (Å²) in [7, 11) is 3.74. The number of benzene rings is 1. The lowest BCUT2D eigenvalue weighted by Gasteiger charge is -2.20. The van der Waals surface area contributed by atoms with Gasteiger partial charge < -0.3 is 20.1 Å². The van der Waals surface area contributed by atoms with Crippen LogP contribution >= 0.6 is 0 Å². The molecule has 6 heteroatoms. The summed E-state index contributed by atoms with van der Waals surface area (Å²) in [4.78, 5) is 24.8. The smallest absolute Gasteiger partial charge is 0.305 e. The fraction of sp³-hybridized carbons (Fsp3) is 0.652. The van der Waals surface area contributed by atoms with E-state index in [1.807, 2.05) is 25.1 Å². The molecule has 0 aliphatic rings. The quantitative estimate of drug-likeness (QED) is 0.387. The van der Waals surface area contributed by atoms with Crippen LogP contribution in [-0.4, -0.2) is 61.8 Å². The number of carbonyl (C=O) groups is 2. The van der Waals surface area contributed by atoms with Crippen LogP contribution in [0.4, 0.5) is 0 Å². The largest absolute Gasteiger partial charge is 0.481 e. The normalized spacial score (nSPS) is 12.1. The van der Waals surface area contributed by atoms with Crippen LogP contribution in [0.3, 0.4) is 0 Å². The molecular weight excluding hydrogens is 368 g/mol. The summed E-state index contributed by atoms with van der Waals surface area (Å²) in [6, 6.07) is 10.1. The van der Waals surface area contributed by atoms with Crippen molar-refractivity contribution in [2.75, 3.05) is 33.9 Å². The van der Waals surface area contributed by atoms with Crippen LogP contribution in [0.25, 0.3) is 0 Å². The SMILES string of the molecule is CN(C)CC(CC(=O)O)NC(=O)CCCCCCCOCCCc1ccccc1. The highest BCUT2D eigenvalue weighted by Gasteiger charge is 2.16. The molecule has 1 atom stereocenters. The molecule has 0 aromatic heterocycles. The van der Waals surface area contributed by atoms with E-state index in [2.05, 4.69) is 29.6 Å². The Balaban J connectivity index is 1.95. The molecule has 0 aliphatic heterocycles. The molecule has 29 heavy (non-hydrogen) atoms. The molecule has 164 valence electrons. The van der Waals surface area contributed by atoms with Crippen molar-refractivity contribution in [2.45, 2.75) is 63.8 Å². The number of rotatable bonds is 17. The fourth-order valence-electron chi connectivity index (χ4n) is 3.26. The van der Waals surface area contributed by atoms with E-state index in [4.69, 9.17) is 9.84 Å². The van der Waals surface area contributed by atoms with Crippen molar-refractivity contribution in [1.82, 2.24) is 10.2 Å². The van der Waals surface area contributed by atoms with Gasteiger partial charge in [-0.1, -0.05) is 49.6 Å². The van der Waals surface area contributed by atoms with Crippen molar-refractivity contribution in [3.05, 3.63) is 35.9 Å². The maximum absolute atomic E-state index is 12.0. The number of aryl methyl sites for hydroxylation is 1. The van der Waals surface area contributed by atoms with Gasteiger partial charge in [0.2, 0.25) is 5.91 Å². The summed E-state index contributed by atoms with van der Waals surface area (Å²) in [5.74, 6) is -0.945. The predicted molar refractivity (Wildman–Crippen MR) is 116 cm³/mol. The molecule has 1 amide bonds. The minimum absolute atomic E-state index is 0.0464.